The van der Waals surface area contributed by atoms with Gasteiger partial charge in [0.1, 0.15) is 0 Å². The van der Waals surface area contributed by atoms with E-state index in [9.17, 15) is 4.79 Å². The van der Waals surface area contributed by atoms with Crippen LogP contribution in [0.5, 0.6) is 0 Å². The molecule has 0 spiro atoms. The fraction of sp³-hybridized carbons (Fsp3) is 0.727. The summed E-state index contributed by atoms with van der Waals surface area (Å²) >= 11 is 0. The Kier molecular flexibility index (Phi) is 4.92. The lowest BCUT2D eigenvalue weighted by molar-refractivity contribution is -0.123. The smallest absolute Gasteiger partial charge is 0.152 e. The predicted octanol–water partition coefficient (Wildman–Crippen LogP) is 2.43. The summed E-state index contributed by atoms with van der Waals surface area (Å²) in [6.45, 7) is 9.55. The van der Waals surface area contributed by atoms with Gasteiger partial charge in [0.15, 0.2) is 5.78 Å². The van der Waals surface area contributed by atoms with Gasteiger partial charge in [-0.1, -0.05) is 18.9 Å². The summed E-state index contributed by atoms with van der Waals surface area (Å²) in [6.07, 6.45) is 3.01. The highest BCUT2D eigenvalue weighted by molar-refractivity contribution is 5.87. The van der Waals surface area contributed by atoms with E-state index in [2.05, 4.69) is 6.58 Å². The Hall–Kier alpha value is -0.630. The average Bonchev–Trinajstić information content (AvgIpc) is 1.99. The molecule has 1 atom stereocenters. The predicted molar refractivity (Wildman–Crippen MR) is 56.6 cm³/mol. The normalized spacial score (nSPS) is 15.1. The minimum Gasteiger partial charge on any atom is -0.319 e. The number of rotatable bonds is 6. The second-order valence-electron chi connectivity index (χ2n) is 4.05. The van der Waals surface area contributed by atoms with Gasteiger partial charge in [-0.25, -0.2) is 0 Å². The van der Waals surface area contributed by atoms with Gasteiger partial charge in [0.2, 0.25) is 0 Å². The molecule has 0 aliphatic heterocycles. The van der Waals surface area contributed by atoms with Gasteiger partial charge in [-0.3, -0.25) is 4.79 Å². The molecule has 0 aliphatic carbocycles. The van der Waals surface area contributed by atoms with Crippen molar-refractivity contribution in [2.75, 3.05) is 0 Å². The van der Waals surface area contributed by atoms with Crippen LogP contribution in [0.1, 0.15) is 46.5 Å². The van der Waals surface area contributed by atoms with Crippen molar-refractivity contribution in [2.24, 2.45) is 5.73 Å². The van der Waals surface area contributed by atoms with Crippen molar-refractivity contribution in [3.63, 3.8) is 0 Å². The number of hydrogen-bond donors (Lipinski definition) is 1. The highest BCUT2D eigenvalue weighted by atomic mass is 16.1. The quantitative estimate of drug-likeness (QED) is 0.643. The summed E-state index contributed by atoms with van der Waals surface area (Å²) in [5.74, 6) is 0.150. The molecule has 0 saturated heterocycles. The molecule has 0 heterocycles. The number of carbonyl (C=O) groups is 1. The van der Waals surface area contributed by atoms with Crippen LogP contribution in [0.25, 0.3) is 0 Å². The molecule has 2 heteroatoms. The largest absolute Gasteiger partial charge is 0.319 e. The topological polar surface area (TPSA) is 43.1 Å². The molecule has 0 aromatic heterocycles. The lowest BCUT2D eigenvalue weighted by Crippen LogP contribution is -2.44. The molecule has 0 bridgehead atoms. The molecule has 0 fully saturated rings. The van der Waals surface area contributed by atoms with E-state index < -0.39 is 5.54 Å². The minimum atomic E-state index is -0.635. The van der Waals surface area contributed by atoms with E-state index in [1.54, 1.807) is 0 Å². The second-order valence-corrected chi connectivity index (χ2v) is 4.05. The number of ketones is 1. The van der Waals surface area contributed by atoms with Gasteiger partial charge in [-0.05, 0) is 26.7 Å². The molecule has 0 saturated carbocycles. The summed E-state index contributed by atoms with van der Waals surface area (Å²) in [4.78, 5) is 11.6. The van der Waals surface area contributed by atoms with E-state index in [-0.39, 0.29) is 5.78 Å². The molecule has 0 aromatic carbocycles. The first-order chi connectivity index (χ1) is 5.90. The highest BCUT2D eigenvalue weighted by Gasteiger charge is 2.25. The molecule has 2 nitrogen and oxygen atoms in total. The zero-order valence-corrected chi connectivity index (χ0v) is 9.02. The van der Waals surface area contributed by atoms with Gasteiger partial charge in [-0.2, -0.15) is 0 Å². The highest BCUT2D eigenvalue weighted by Crippen LogP contribution is 2.14. The maximum Gasteiger partial charge on any atom is 0.152 e. The van der Waals surface area contributed by atoms with Crippen molar-refractivity contribution in [3.8, 4) is 0 Å². The van der Waals surface area contributed by atoms with Crippen LogP contribution in [0.2, 0.25) is 0 Å². The Morgan fingerprint density at radius 2 is 2.00 bits per heavy atom. The van der Waals surface area contributed by atoms with Gasteiger partial charge in [0.05, 0.1) is 5.54 Å². The van der Waals surface area contributed by atoms with Crippen molar-refractivity contribution in [1.29, 1.82) is 0 Å². The van der Waals surface area contributed by atoms with E-state index in [0.29, 0.717) is 6.42 Å². The minimum absolute atomic E-state index is 0.150. The van der Waals surface area contributed by atoms with Crippen molar-refractivity contribution in [3.05, 3.63) is 12.2 Å². The summed E-state index contributed by atoms with van der Waals surface area (Å²) in [7, 11) is 0. The van der Waals surface area contributed by atoms with E-state index in [4.69, 9.17) is 5.73 Å². The molecular formula is C11H21NO. The van der Waals surface area contributed by atoms with Gasteiger partial charge in [0, 0.05) is 6.42 Å². The van der Waals surface area contributed by atoms with E-state index in [1.165, 1.54) is 0 Å². The van der Waals surface area contributed by atoms with Gasteiger partial charge in [0.25, 0.3) is 0 Å². The Labute approximate surface area is 81.2 Å². The summed E-state index contributed by atoms with van der Waals surface area (Å²) in [6, 6.07) is 0. The van der Waals surface area contributed by atoms with E-state index in [1.807, 2.05) is 20.8 Å². The summed E-state index contributed by atoms with van der Waals surface area (Å²) in [5, 5.41) is 0. The zero-order chi connectivity index (χ0) is 10.5. The Bertz CT molecular complexity index is 194. The van der Waals surface area contributed by atoms with Crippen LogP contribution in [0, 0.1) is 0 Å². The number of carbonyl (C=O) groups excluding carboxylic acids is 1. The van der Waals surface area contributed by atoms with Crippen LogP contribution >= 0.6 is 0 Å². The van der Waals surface area contributed by atoms with Crippen LogP contribution in [0.4, 0.5) is 0 Å². The molecule has 76 valence electrons. The number of Topliss-reactive ketones (excluding diaryl/α,β-unsaturated/α-hetero) is 1. The maximum atomic E-state index is 11.6. The third kappa shape index (κ3) is 4.83. The van der Waals surface area contributed by atoms with Gasteiger partial charge in [-0.15, -0.1) is 6.58 Å². The molecule has 0 aromatic rings. The van der Waals surface area contributed by atoms with Crippen molar-refractivity contribution in [2.45, 2.75) is 52.0 Å². The molecule has 13 heavy (non-hydrogen) atoms. The molecule has 0 amide bonds. The lowest BCUT2D eigenvalue weighted by Gasteiger charge is -2.22. The van der Waals surface area contributed by atoms with Crippen LogP contribution in [-0.2, 0) is 4.79 Å². The van der Waals surface area contributed by atoms with Crippen LogP contribution < -0.4 is 5.73 Å². The molecule has 0 radical (unpaired) electrons. The molecule has 0 aliphatic rings. The molecule has 0 rings (SSSR count). The Balaban J connectivity index is 4.01. The number of hydrogen-bond acceptors (Lipinski definition) is 2. The van der Waals surface area contributed by atoms with E-state index in [0.717, 1.165) is 24.8 Å². The SMILES string of the molecule is C=C(C)CCC(=O)C(C)(N)CCC. The third-order valence-corrected chi connectivity index (χ3v) is 2.19. The summed E-state index contributed by atoms with van der Waals surface area (Å²) < 4.78 is 0. The van der Waals surface area contributed by atoms with Crippen LogP contribution in [0.3, 0.4) is 0 Å². The van der Waals surface area contributed by atoms with Crippen LogP contribution in [-0.4, -0.2) is 11.3 Å². The van der Waals surface area contributed by atoms with Crippen molar-refractivity contribution < 1.29 is 4.79 Å². The lowest BCUT2D eigenvalue weighted by atomic mass is 9.89. The van der Waals surface area contributed by atoms with E-state index >= 15 is 0 Å². The molecule has 2 N–H and O–H groups in total. The van der Waals surface area contributed by atoms with Gasteiger partial charge < -0.3 is 5.73 Å². The Morgan fingerprint density at radius 1 is 1.46 bits per heavy atom. The van der Waals surface area contributed by atoms with Crippen LogP contribution in [0.15, 0.2) is 12.2 Å². The third-order valence-electron chi connectivity index (χ3n) is 2.19. The first kappa shape index (κ1) is 12.4. The molecule has 1 unspecified atom stereocenters. The summed E-state index contributed by atoms with van der Waals surface area (Å²) in [5.41, 5.74) is 6.29. The van der Waals surface area contributed by atoms with Crippen molar-refractivity contribution in [1.82, 2.24) is 0 Å². The Morgan fingerprint density at radius 3 is 2.38 bits per heavy atom. The first-order valence-corrected chi connectivity index (χ1v) is 4.86. The maximum absolute atomic E-state index is 11.6. The molecular weight excluding hydrogens is 162 g/mol. The standard InChI is InChI=1S/C11H21NO/c1-5-8-11(4,12)10(13)7-6-9(2)3/h2,5-8,12H2,1,3-4H3. The van der Waals surface area contributed by atoms with Gasteiger partial charge >= 0.3 is 0 Å². The fourth-order valence-corrected chi connectivity index (χ4v) is 1.27. The first-order valence-electron chi connectivity index (χ1n) is 4.86. The average molecular weight is 183 g/mol. The number of nitrogens with two attached hydrogens (primary N) is 1. The monoisotopic (exact) mass is 183 g/mol. The number of allylic oxidation sites excluding steroid dienone is 1. The zero-order valence-electron chi connectivity index (χ0n) is 9.02. The second kappa shape index (κ2) is 5.18. The van der Waals surface area contributed by atoms with Crippen molar-refractivity contribution >= 4 is 5.78 Å². The fourth-order valence-electron chi connectivity index (χ4n) is 1.27.